The molecule has 0 spiro atoms. The van der Waals surface area contributed by atoms with Crippen molar-refractivity contribution in [3.63, 3.8) is 0 Å². The summed E-state index contributed by atoms with van der Waals surface area (Å²) in [5.41, 5.74) is 3.25. The molecular weight excluding hydrogens is 355 g/mol. The van der Waals surface area contributed by atoms with Crippen LogP contribution in [-0.4, -0.2) is 40.7 Å². The smallest absolute Gasteiger partial charge is 0.422 e. The molecule has 0 aliphatic rings. The van der Waals surface area contributed by atoms with Gasteiger partial charge in [-0.05, 0) is 37.1 Å². The van der Waals surface area contributed by atoms with Crippen molar-refractivity contribution in [3.8, 4) is 5.69 Å². The summed E-state index contributed by atoms with van der Waals surface area (Å²) in [7, 11) is 0. The van der Waals surface area contributed by atoms with Gasteiger partial charge in [-0.1, -0.05) is 17.8 Å². The van der Waals surface area contributed by atoms with Crippen LogP contribution in [-0.2, 0) is 4.74 Å². The van der Waals surface area contributed by atoms with Crippen molar-refractivity contribution in [3.05, 3.63) is 41.7 Å². The summed E-state index contributed by atoms with van der Waals surface area (Å²) in [5, 5.41) is 3.01. The number of amides is 1. The van der Waals surface area contributed by atoms with Gasteiger partial charge in [-0.15, -0.1) is 0 Å². The largest absolute Gasteiger partial charge is 0.440 e. The first kappa shape index (κ1) is 19.2. The molecule has 1 aromatic carbocycles. The lowest BCUT2D eigenvalue weighted by molar-refractivity contribution is -0.160. The molecule has 0 saturated heterocycles. The number of carbonyl (C=O) groups excluding carboxylic acids is 1. The van der Waals surface area contributed by atoms with Crippen molar-refractivity contribution in [2.75, 3.05) is 18.9 Å². The maximum Gasteiger partial charge on any atom is 0.422 e. The maximum atomic E-state index is 11.9. The fourth-order valence-corrected chi connectivity index (χ4v) is 3.00. The third kappa shape index (κ3) is 6.33. The molecule has 2 aromatic rings. The van der Waals surface area contributed by atoms with Crippen LogP contribution in [0.4, 0.5) is 18.0 Å². The molecule has 25 heavy (non-hydrogen) atoms. The van der Waals surface area contributed by atoms with Gasteiger partial charge in [0, 0.05) is 30.4 Å². The number of aryl methyl sites for hydroxylation is 2. The SMILES string of the molecule is Cc1cc(C)cc(-n2ccnc2SCCNC(=O)OCC(F)(F)F)c1. The number of nitrogens with zero attached hydrogens (tertiary/aromatic N) is 2. The molecular formula is C16H18F3N3O2S. The number of rotatable bonds is 6. The third-order valence-electron chi connectivity index (χ3n) is 3.06. The van der Waals surface area contributed by atoms with Gasteiger partial charge >= 0.3 is 12.3 Å². The van der Waals surface area contributed by atoms with Gasteiger partial charge in [0.15, 0.2) is 11.8 Å². The van der Waals surface area contributed by atoms with E-state index in [4.69, 9.17) is 0 Å². The normalized spacial score (nSPS) is 11.4. The third-order valence-corrected chi connectivity index (χ3v) is 4.03. The molecule has 5 nitrogen and oxygen atoms in total. The Morgan fingerprint density at radius 3 is 2.60 bits per heavy atom. The molecule has 0 aliphatic carbocycles. The fourth-order valence-electron chi connectivity index (χ4n) is 2.18. The highest BCUT2D eigenvalue weighted by Gasteiger charge is 2.29. The first-order valence-electron chi connectivity index (χ1n) is 7.47. The van der Waals surface area contributed by atoms with Crippen LogP contribution < -0.4 is 5.32 Å². The van der Waals surface area contributed by atoms with E-state index >= 15 is 0 Å². The summed E-state index contributed by atoms with van der Waals surface area (Å²) in [6, 6.07) is 6.14. The summed E-state index contributed by atoms with van der Waals surface area (Å²) < 4.78 is 41.8. The van der Waals surface area contributed by atoms with Crippen LogP contribution in [0.15, 0.2) is 35.7 Å². The zero-order chi connectivity index (χ0) is 18.4. The van der Waals surface area contributed by atoms with E-state index in [2.05, 4.69) is 21.1 Å². The number of carbonyl (C=O) groups is 1. The van der Waals surface area contributed by atoms with Gasteiger partial charge in [0.25, 0.3) is 0 Å². The molecule has 0 radical (unpaired) electrons. The molecule has 9 heteroatoms. The molecule has 0 saturated carbocycles. The van der Waals surface area contributed by atoms with E-state index in [9.17, 15) is 18.0 Å². The summed E-state index contributed by atoms with van der Waals surface area (Å²) in [6.45, 7) is 2.59. The highest BCUT2D eigenvalue weighted by Crippen LogP contribution is 2.22. The van der Waals surface area contributed by atoms with E-state index in [1.807, 2.05) is 36.7 Å². The van der Waals surface area contributed by atoms with Gasteiger partial charge in [-0.3, -0.25) is 4.57 Å². The van der Waals surface area contributed by atoms with Crippen molar-refractivity contribution < 1.29 is 22.7 Å². The van der Waals surface area contributed by atoms with Crippen LogP contribution in [0.1, 0.15) is 11.1 Å². The van der Waals surface area contributed by atoms with E-state index in [1.165, 1.54) is 11.8 Å². The van der Waals surface area contributed by atoms with Crippen molar-refractivity contribution in [1.29, 1.82) is 0 Å². The molecule has 0 bridgehead atoms. The average Bonchev–Trinajstić information content (AvgIpc) is 2.96. The summed E-state index contributed by atoms with van der Waals surface area (Å²) in [4.78, 5) is 15.4. The Morgan fingerprint density at radius 1 is 1.28 bits per heavy atom. The Bertz CT molecular complexity index is 711. The van der Waals surface area contributed by atoms with E-state index in [1.54, 1.807) is 6.20 Å². The van der Waals surface area contributed by atoms with E-state index in [0.717, 1.165) is 22.0 Å². The number of benzene rings is 1. The van der Waals surface area contributed by atoms with Crippen molar-refractivity contribution in [1.82, 2.24) is 14.9 Å². The minimum atomic E-state index is -4.53. The topological polar surface area (TPSA) is 56.2 Å². The number of aromatic nitrogens is 2. The highest BCUT2D eigenvalue weighted by atomic mass is 32.2. The molecule has 1 N–H and O–H groups in total. The summed E-state index contributed by atoms with van der Waals surface area (Å²) in [5.74, 6) is 0.447. The first-order chi connectivity index (χ1) is 11.7. The van der Waals surface area contributed by atoms with Crippen molar-refractivity contribution in [2.24, 2.45) is 0 Å². The number of nitrogens with one attached hydrogen (secondary N) is 1. The van der Waals surface area contributed by atoms with Gasteiger partial charge in [0.2, 0.25) is 0 Å². The van der Waals surface area contributed by atoms with Gasteiger partial charge < -0.3 is 10.1 Å². The van der Waals surface area contributed by atoms with Crippen LogP contribution >= 0.6 is 11.8 Å². The predicted molar refractivity (Wildman–Crippen MR) is 89.2 cm³/mol. The van der Waals surface area contributed by atoms with Gasteiger partial charge in [-0.2, -0.15) is 13.2 Å². The maximum absolute atomic E-state index is 11.9. The second kappa shape index (κ2) is 8.28. The minimum absolute atomic E-state index is 0.168. The lowest BCUT2D eigenvalue weighted by atomic mass is 10.1. The predicted octanol–water partition coefficient (Wildman–Crippen LogP) is 3.87. The van der Waals surface area contributed by atoms with Gasteiger partial charge in [0.1, 0.15) is 0 Å². The second-order valence-electron chi connectivity index (χ2n) is 5.39. The monoisotopic (exact) mass is 373 g/mol. The summed E-state index contributed by atoms with van der Waals surface area (Å²) >= 11 is 1.39. The number of hydrogen-bond donors (Lipinski definition) is 1. The number of alkyl halides is 3. The number of imidazole rings is 1. The van der Waals surface area contributed by atoms with Crippen LogP contribution in [0.25, 0.3) is 5.69 Å². The van der Waals surface area contributed by atoms with Crippen molar-refractivity contribution in [2.45, 2.75) is 25.2 Å². The Kier molecular flexibility index (Phi) is 6.35. The van der Waals surface area contributed by atoms with E-state index in [-0.39, 0.29) is 6.54 Å². The Balaban J connectivity index is 1.85. The zero-order valence-electron chi connectivity index (χ0n) is 13.8. The molecule has 136 valence electrons. The number of ether oxygens (including phenoxy) is 1. The average molecular weight is 373 g/mol. The number of halogens is 3. The molecule has 0 atom stereocenters. The number of thioether (sulfide) groups is 1. The van der Waals surface area contributed by atoms with E-state index < -0.39 is 18.9 Å². The first-order valence-corrected chi connectivity index (χ1v) is 8.45. The standard InChI is InChI=1S/C16H18F3N3O2S/c1-11-7-12(2)9-13(8-11)22-5-3-20-14(22)25-6-4-21-15(23)24-10-16(17,18)19/h3,5,7-9H,4,6,10H2,1-2H3,(H,21,23). The van der Waals surface area contributed by atoms with Crippen LogP contribution in [0.3, 0.4) is 0 Å². The molecule has 1 aromatic heterocycles. The quantitative estimate of drug-likeness (QED) is 0.617. The van der Waals surface area contributed by atoms with Crippen LogP contribution in [0.5, 0.6) is 0 Å². The molecule has 1 heterocycles. The number of alkyl carbamates (subject to hydrolysis) is 1. The van der Waals surface area contributed by atoms with Crippen molar-refractivity contribution >= 4 is 17.9 Å². The molecule has 0 unspecified atom stereocenters. The van der Waals surface area contributed by atoms with Gasteiger partial charge in [0.05, 0.1) is 0 Å². The molecule has 2 rings (SSSR count). The van der Waals surface area contributed by atoms with Crippen LogP contribution in [0.2, 0.25) is 0 Å². The lowest BCUT2D eigenvalue weighted by Gasteiger charge is -2.10. The Hall–Kier alpha value is -2.16. The summed E-state index contributed by atoms with van der Waals surface area (Å²) in [6.07, 6.45) is -2.11. The van der Waals surface area contributed by atoms with Crippen LogP contribution in [0, 0.1) is 13.8 Å². The molecule has 0 aliphatic heterocycles. The second-order valence-corrected chi connectivity index (χ2v) is 6.45. The number of hydrogen-bond acceptors (Lipinski definition) is 4. The minimum Gasteiger partial charge on any atom is -0.440 e. The molecule has 1 amide bonds. The highest BCUT2D eigenvalue weighted by molar-refractivity contribution is 7.99. The lowest BCUT2D eigenvalue weighted by Crippen LogP contribution is -2.30. The molecule has 0 fully saturated rings. The Morgan fingerprint density at radius 2 is 1.96 bits per heavy atom. The van der Waals surface area contributed by atoms with E-state index in [0.29, 0.717) is 5.75 Å². The Labute approximate surface area is 147 Å². The fraction of sp³-hybridized carbons (Fsp3) is 0.375. The zero-order valence-corrected chi connectivity index (χ0v) is 14.6. The van der Waals surface area contributed by atoms with Gasteiger partial charge in [-0.25, -0.2) is 9.78 Å².